The molecule has 1 aliphatic rings. The normalized spacial score (nSPS) is 16.6. The van der Waals surface area contributed by atoms with Crippen LogP contribution in [0.15, 0.2) is 53.4 Å². The molecule has 134 valence electrons. The van der Waals surface area contributed by atoms with Gasteiger partial charge < -0.3 is 9.47 Å². The Morgan fingerprint density at radius 1 is 0.960 bits per heavy atom. The van der Waals surface area contributed by atoms with E-state index in [9.17, 15) is 8.42 Å². The van der Waals surface area contributed by atoms with Crippen molar-refractivity contribution in [3.8, 4) is 11.5 Å². The summed E-state index contributed by atoms with van der Waals surface area (Å²) in [6.07, 6.45) is 1.64. The average molecular weight is 361 g/mol. The summed E-state index contributed by atoms with van der Waals surface area (Å²) in [6, 6.07) is 15.1. The van der Waals surface area contributed by atoms with Gasteiger partial charge in [0.15, 0.2) is 0 Å². The van der Waals surface area contributed by atoms with Crippen molar-refractivity contribution >= 4 is 10.0 Å². The van der Waals surface area contributed by atoms with E-state index < -0.39 is 10.0 Å². The van der Waals surface area contributed by atoms with Gasteiger partial charge in [0, 0.05) is 19.2 Å². The molecule has 2 aromatic rings. The molecule has 0 aliphatic carbocycles. The molecule has 2 aromatic carbocycles. The Morgan fingerprint density at radius 2 is 1.64 bits per heavy atom. The van der Waals surface area contributed by atoms with Crippen LogP contribution in [0.5, 0.6) is 11.5 Å². The Bertz CT molecular complexity index is 813. The molecule has 25 heavy (non-hydrogen) atoms. The first-order valence-corrected chi connectivity index (χ1v) is 9.77. The number of piperidine rings is 1. The summed E-state index contributed by atoms with van der Waals surface area (Å²) in [5.41, 5.74) is 1.28. The Balaban J connectivity index is 1.78. The highest BCUT2D eigenvalue weighted by Gasteiger charge is 2.32. The van der Waals surface area contributed by atoms with Gasteiger partial charge >= 0.3 is 0 Å². The first kappa shape index (κ1) is 17.8. The van der Waals surface area contributed by atoms with Gasteiger partial charge in [-0.15, -0.1) is 0 Å². The molecule has 0 aromatic heterocycles. The molecular weight excluding hydrogens is 338 g/mol. The summed E-state index contributed by atoms with van der Waals surface area (Å²) in [4.78, 5) is 0.189. The third-order valence-corrected chi connectivity index (χ3v) is 6.65. The average Bonchev–Trinajstić information content (AvgIpc) is 2.68. The minimum Gasteiger partial charge on any atom is -0.497 e. The quantitative estimate of drug-likeness (QED) is 0.820. The summed E-state index contributed by atoms with van der Waals surface area (Å²) in [5.74, 6) is 1.29. The number of nitrogens with zero attached hydrogens (tertiary/aromatic N) is 1. The van der Waals surface area contributed by atoms with E-state index in [1.165, 1.54) is 19.8 Å². The fraction of sp³-hybridized carbons (Fsp3) is 0.368. The van der Waals surface area contributed by atoms with E-state index in [0.29, 0.717) is 30.5 Å². The predicted molar refractivity (Wildman–Crippen MR) is 96.7 cm³/mol. The molecular formula is C19H23NO4S. The molecule has 5 nitrogen and oxygen atoms in total. The van der Waals surface area contributed by atoms with Crippen LogP contribution in [0.4, 0.5) is 0 Å². The Hall–Kier alpha value is -2.05. The lowest BCUT2D eigenvalue weighted by Gasteiger charge is -2.31. The largest absolute Gasteiger partial charge is 0.497 e. The van der Waals surface area contributed by atoms with Gasteiger partial charge in [0.25, 0.3) is 0 Å². The van der Waals surface area contributed by atoms with Crippen LogP contribution >= 0.6 is 0 Å². The van der Waals surface area contributed by atoms with Crippen molar-refractivity contribution in [3.05, 3.63) is 54.1 Å². The number of methoxy groups -OCH3 is 2. The smallest absolute Gasteiger partial charge is 0.246 e. The van der Waals surface area contributed by atoms with E-state index in [1.807, 2.05) is 18.2 Å². The van der Waals surface area contributed by atoms with E-state index in [2.05, 4.69) is 12.1 Å². The molecule has 0 saturated carbocycles. The van der Waals surface area contributed by atoms with Gasteiger partial charge in [-0.3, -0.25) is 0 Å². The molecule has 0 radical (unpaired) electrons. The van der Waals surface area contributed by atoms with Gasteiger partial charge in [-0.2, -0.15) is 4.31 Å². The molecule has 0 unspecified atom stereocenters. The molecule has 0 bridgehead atoms. The predicted octanol–water partition coefficient (Wildman–Crippen LogP) is 3.27. The lowest BCUT2D eigenvalue weighted by molar-refractivity contribution is 0.317. The minimum absolute atomic E-state index is 0.189. The van der Waals surface area contributed by atoms with Crippen molar-refractivity contribution in [3.63, 3.8) is 0 Å². The minimum atomic E-state index is -3.58. The summed E-state index contributed by atoms with van der Waals surface area (Å²) in [7, 11) is -0.576. The fourth-order valence-corrected chi connectivity index (χ4v) is 4.89. The number of hydrogen-bond acceptors (Lipinski definition) is 4. The maximum absolute atomic E-state index is 13.0. The van der Waals surface area contributed by atoms with Gasteiger partial charge in [0.05, 0.1) is 14.2 Å². The number of ether oxygens (including phenoxy) is 2. The summed E-state index contributed by atoms with van der Waals surface area (Å²) in [5, 5.41) is 0. The van der Waals surface area contributed by atoms with Crippen LogP contribution < -0.4 is 9.47 Å². The second kappa shape index (κ2) is 7.45. The fourth-order valence-electron chi connectivity index (χ4n) is 3.28. The zero-order chi connectivity index (χ0) is 17.9. The second-order valence-electron chi connectivity index (χ2n) is 6.11. The molecule has 0 amide bonds. The summed E-state index contributed by atoms with van der Waals surface area (Å²) < 4.78 is 38.0. The van der Waals surface area contributed by atoms with Crippen molar-refractivity contribution in [2.24, 2.45) is 0 Å². The van der Waals surface area contributed by atoms with Gasteiger partial charge in [0.1, 0.15) is 16.4 Å². The van der Waals surface area contributed by atoms with Crippen molar-refractivity contribution < 1.29 is 17.9 Å². The van der Waals surface area contributed by atoms with Crippen LogP contribution in [0.25, 0.3) is 0 Å². The van der Waals surface area contributed by atoms with Crippen LogP contribution in [-0.2, 0) is 10.0 Å². The van der Waals surface area contributed by atoms with E-state index in [0.717, 1.165) is 12.8 Å². The molecule has 0 spiro atoms. The van der Waals surface area contributed by atoms with Crippen molar-refractivity contribution in [2.45, 2.75) is 23.7 Å². The van der Waals surface area contributed by atoms with E-state index in [-0.39, 0.29) is 4.90 Å². The highest BCUT2D eigenvalue weighted by molar-refractivity contribution is 7.89. The number of rotatable bonds is 5. The molecule has 6 heteroatoms. The first-order chi connectivity index (χ1) is 12.1. The SMILES string of the molecule is COc1ccc(S(=O)(=O)N2CCC(c3ccccc3)CC2)c(OC)c1. The highest BCUT2D eigenvalue weighted by Crippen LogP contribution is 2.34. The molecule has 0 atom stereocenters. The van der Waals surface area contributed by atoms with Crippen LogP contribution in [0.2, 0.25) is 0 Å². The molecule has 1 saturated heterocycles. The standard InChI is InChI=1S/C19H23NO4S/c1-23-17-8-9-19(18(14-17)24-2)25(21,22)20-12-10-16(11-13-20)15-6-4-3-5-7-15/h3-9,14,16H,10-13H2,1-2H3. The Labute approximate surface area is 149 Å². The van der Waals surface area contributed by atoms with E-state index in [4.69, 9.17) is 9.47 Å². The highest BCUT2D eigenvalue weighted by atomic mass is 32.2. The molecule has 0 N–H and O–H groups in total. The Kier molecular flexibility index (Phi) is 5.30. The summed E-state index contributed by atoms with van der Waals surface area (Å²) >= 11 is 0. The topological polar surface area (TPSA) is 55.8 Å². The number of hydrogen-bond donors (Lipinski definition) is 0. The van der Waals surface area contributed by atoms with Crippen LogP contribution in [-0.4, -0.2) is 40.0 Å². The first-order valence-electron chi connectivity index (χ1n) is 8.33. The molecule has 3 rings (SSSR count). The van der Waals surface area contributed by atoms with Crippen molar-refractivity contribution in [1.82, 2.24) is 4.31 Å². The van der Waals surface area contributed by atoms with Crippen LogP contribution in [0.3, 0.4) is 0 Å². The van der Waals surface area contributed by atoms with Gasteiger partial charge in [-0.05, 0) is 36.5 Å². The number of sulfonamides is 1. The maximum atomic E-state index is 13.0. The lowest BCUT2D eigenvalue weighted by Crippen LogP contribution is -2.38. The van der Waals surface area contributed by atoms with Gasteiger partial charge in [0.2, 0.25) is 10.0 Å². The Morgan fingerprint density at radius 3 is 2.24 bits per heavy atom. The molecule has 1 fully saturated rings. The van der Waals surface area contributed by atoms with E-state index >= 15 is 0 Å². The number of benzene rings is 2. The van der Waals surface area contributed by atoms with Crippen molar-refractivity contribution in [1.29, 1.82) is 0 Å². The third-order valence-electron chi connectivity index (χ3n) is 4.71. The summed E-state index contributed by atoms with van der Waals surface area (Å²) in [6.45, 7) is 1.02. The zero-order valence-corrected chi connectivity index (χ0v) is 15.3. The van der Waals surface area contributed by atoms with E-state index in [1.54, 1.807) is 22.5 Å². The lowest BCUT2D eigenvalue weighted by atomic mass is 9.90. The van der Waals surface area contributed by atoms with Crippen LogP contribution in [0.1, 0.15) is 24.3 Å². The second-order valence-corrected chi connectivity index (χ2v) is 8.01. The molecule has 1 aliphatic heterocycles. The third kappa shape index (κ3) is 3.65. The molecule has 1 heterocycles. The van der Waals surface area contributed by atoms with Gasteiger partial charge in [-0.25, -0.2) is 8.42 Å². The maximum Gasteiger partial charge on any atom is 0.246 e. The monoisotopic (exact) mass is 361 g/mol. The van der Waals surface area contributed by atoms with Gasteiger partial charge in [-0.1, -0.05) is 30.3 Å². The van der Waals surface area contributed by atoms with Crippen LogP contribution in [0, 0.1) is 0 Å². The van der Waals surface area contributed by atoms with Crippen molar-refractivity contribution in [2.75, 3.05) is 27.3 Å². The zero-order valence-electron chi connectivity index (χ0n) is 14.5.